The Hall–Kier alpha value is -1.65. The summed E-state index contributed by atoms with van der Waals surface area (Å²) in [6.45, 7) is 1.80. The molecule has 0 atom stereocenters. The van der Waals surface area contributed by atoms with Crippen LogP contribution in [0.4, 0.5) is 8.78 Å². The van der Waals surface area contributed by atoms with E-state index >= 15 is 0 Å². The number of ether oxygens (including phenoxy) is 1. The van der Waals surface area contributed by atoms with Crippen LogP contribution in [0, 0.1) is 18.6 Å². The molecule has 0 aromatic heterocycles. The fraction of sp³-hybridized carbons (Fsp3) is 0.143. The Morgan fingerprint density at radius 1 is 1.16 bits per heavy atom. The summed E-state index contributed by atoms with van der Waals surface area (Å²) in [4.78, 5) is 0. The van der Waals surface area contributed by atoms with Gasteiger partial charge in [0.2, 0.25) is 0 Å². The van der Waals surface area contributed by atoms with E-state index in [4.69, 9.17) is 22.1 Å². The van der Waals surface area contributed by atoms with Gasteiger partial charge in [0.25, 0.3) is 0 Å². The molecule has 0 amide bonds. The minimum atomic E-state index is -0.783. The molecule has 0 aliphatic carbocycles. The maximum Gasteiger partial charge on any atom is 0.198 e. The Balaban J connectivity index is 2.38. The Bertz CT molecular complexity index is 593. The number of hydrogen-bond donors (Lipinski definition) is 1. The lowest BCUT2D eigenvalue weighted by Crippen LogP contribution is -2.01. The van der Waals surface area contributed by atoms with Gasteiger partial charge in [-0.2, -0.15) is 0 Å². The summed E-state index contributed by atoms with van der Waals surface area (Å²) in [7, 11) is 0. The number of aryl methyl sites for hydroxylation is 1. The molecule has 0 spiro atoms. The van der Waals surface area contributed by atoms with Gasteiger partial charge in [0.15, 0.2) is 17.4 Å². The summed E-state index contributed by atoms with van der Waals surface area (Å²) in [5.41, 5.74) is 6.40. The number of nitrogens with two attached hydrogens (primary N) is 1. The van der Waals surface area contributed by atoms with Gasteiger partial charge in [-0.05, 0) is 48.4 Å². The van der Waals surface area contributed by atoms with Crippen LogP contribution in [0.3, 0.4) is 0 Å². The van der Waals surface area contributed by atoms with Crippen molar-refractivity contribution >= 4 is 11.6 Å². The maximum atomic E-state index is 13.7. The minimum absolute atomic E-state index is 0.0636. The van der Waals surface area contributed by atoms with Crippen molar-refractivity contribution in [1.82, 2.24) is 0 Å². The molecule has 0 bridgehead atoms. The van der Waals surface area contributed by atoms with Crippen LogP contribution in [0.25, 0.3) is 0 Å². The average molecular weight is 284 g/mol. The first-order chi connectivity index (χ1) is 9.01. The Kier molecular flexibility index (Phi) is 4.02. The molecule has 2 aromatic carbocycles. The van der Waals surface area contributed by atoms with E-state index in [0.717, 1.165) is 12.1 Å². The van der Waals surface area contributed by atoms with Crippen molar-refractivity contribution in [3.8, 4) is 11.5 Å². The lowest BCUT2D eigenvalue weighted by atomic mass is 10.2. The van der Waals surface area contributed by atoms with Gasteiger partial charge in [0.1, 0.15) is 5.75 Å². The van der Waals surface area contributed by atoms with Gasteiger partial charge in [0.05, 0.1) is 0 Å². The fourth-order valence-electron chi connectivity index (χ4n) is 1.67. The van der Waals surface area contributed by atoms with Gasteiger partial charge >= 0.3 is 0 Å². The quantitative estimate of drug-likeness (QED) is 0.917. The molecule has 0 radical (unpaired) electrons. The van der Waals surface area contributed by atoms with Crippen LogP contribution in [0.5, 0.6) is 11.5 Å². The molecular weight excluding hydrogens is 272 g/mol. The summed E-state index contributed by atoms with van der Waals surface area (Å²) in [5, 5.41) is 0.532. The number of halogens is 3. The van der Waals surface area contributed by atoms with E-state index in [1.54, 1.807) is 25.1 Å². The van der Waals surface area contributed by atoms with Gasteiger partial charge in [-0.1, -0.05) is 11.6 Å². The van der Waals surface area contributed by atoms with Gasteiger partial charge in [-0.15, -0.1) is 0 Å². The van der Waals surface area contributed by atoms with E-state index in [2.05, 4.69) is 0 Å². The zero-order valence-corrected chi connectivity index (χ0v) is 11.0. The predicted molar refractivity (Wildman–Crippen MR) is 70.5 cm³/mol. The summed E-state index contributed by atoms with van der Waals surface area (Å²) >= 11 is 5.80. The molecule has 0 heterocycles. The molecule has 0 aliphatic rings. The first-order valence-corrected chi connectivity index (χ1v) is 6.01. The van der Waals surface area contributed by atoms with Crippen molar-refractivity contribution in [2.75, 3.05) is 0 Å². The first-order valence-electron chi connectivity index (χ1n) is 5.63. The van der Waals surface area contributed by atoms with Crippen LogP contribution >= 0.6 is 11.6 Å². The molecule has 2 nitrogen and oxygen atoms in total. The van der Waals surface area contributed by atoms with E-state index in [1.807, 2.05) is 0 Å². The Labute approximate surface area is 114 Å². The van der Waals surface area contributed by atoms with Gasteiger partial charge in [-0.25, -0.2) is 8.78 Å². The van der Waals surface area contributed by atoms with Crippen molar-refractivity contribution in [3.05, 3.63) is 58.1 Å². The highest BCUT2D eigenvalue weighted by Crippen LogP contribution is 2.31. The zero-order chi connectivity index (χ0) is 14.0. The van der Waals surface area contributed by atoms with Crippen LogP contribution in [0.15, 0.2) is 30.3 Å². The van der Waals surface area contributed by atoms with Crippen molar-refractivity contribution in [1.29, 1.82) is 0 Å². The normalized spacial score (nSPS) is 10.6. The Morgan fingerprint density at radius 3 is 2.32 bits per heavy atom. The van der Waals surface area contributed by atoms with Crippen LogP contribution in [-0.2, 0) is 6.54 Å². The van der Waals surface area contributed by atoms with Crippen molar-refractivity contribution < 1.29 is 13.5 Å². The van der Waals surface area contributed by atoms with E-state index in [1.165, 1.54) is 0 Å². The molecular formula is C14H12ClF2NO. The smallest absolute Gasteiger partial charge is 0.198 e. The van der Waals surface area contributed by atoms with Gasteiger partial charge in [-0.3, -0.25) is 0 Å². The summed E-state index contributed by atoms with van der Waals surface area (Å²) in [5.74, 6) is -1.66. The number of benzene rings is 2. The molecule has 2 N–H and O–H groups in total. The van der Waals surface area contributed by atoms with Crippen LogP contribution < -0.4 is 10.5 Å². The maximum absolute atomic E-state index is 13.7. The standard InChI is InChI=1S/C14H12ClF2NO/c1-8-4-10(15)2-3-13(8)19-14-11(16)5-9(7-18)6-12(14)17/h2-6H,7,18H2,1H3. The summed E-state index contributed by atoms with van der Waals surface area (Å²) in [6.07, 6.45) is 0. The molecule has 100 valence electrons. The molecule has 5 heteroatoms. The third kappa shape index (κ3) is 3.03. The number of rotatable bonds is 3. The molecule has 0 unspecified atom stereocenters. The lowest BCUT2D eigenvalue weighted by Gasteiger charge is -2.11. The highest BCUT2D eigenvalue weighted by Gasteiger charge is 2.14. The largest absolute Gasteiger partial charge is 0.451 e. The van der Waals surface area contributed by atoms with Crippen LogP contribution in [0.2, 0.25) is 5.02 Å². The monoisotopic (exact) mass is 283 g/mol. The van der Waals surface area contributed by atoms with E-state index < -0.39 is 17.4 Å². The summed E-state index contributed by atoms with van der Waals surface area (Å²) < 4.78 is 32.8. The number of hydrogen-bond acceptors (Lipinski definition) is 2. The van der Waals surface area contributed by atoms with Crippen molar-refractivity contribution in [2.24, 2.45) is 5.73 Å². The first kappa shape index (κ1) is 13.8. The molecule has 0 fully saturated rings. The van der Waals surface area contributed by atoms with Gasteiger partial charge < -0.3 is 10.5 Å². The third-order valence-electron chi connectivity index (χ3n) is 2.64. The molecule has 2 aromatic rings. The Morgan fingerprint density at radius 2 is 1.79 bits per heavy atom. The molecule has 0 aliphatic heterocycles. The zero-order valence-electron chi connectivity index (χ0n) is 10.2. The minimum Gasteiger partial charge on any atom is -0.451 e. The van der Waals surface area contributed by atoms with Crippen molar-refractivity contribution in [2.45, 2.75) is 13.5 Å². The lowest BCUT2D eigenvalue weighted by molar-refractivity contribution is 0.404. The van der Waals surface area contributed by atoms with E-state index in [9.17, 15) is 8.78 Å². The second-order valence-electron chi connectivity index (χ2n) is 4.10. The molecule has 0 saturated carbocycles. The second-order valence-corrected chi connectivity index (χ2v) is 4.54. The molecule has 19 heavy (non-hydrogen) atoms. The third-order valence-corrected chi connectivity index (χ3v) is 2.88. The van der Waals surface area contributed by atoms with Crippen LogP contribution in [-0.4, -0.2) is 0 Å². The second kappa shape index (κ2) is 5.55. The summed E-state index contributed by atoms with van der Waals surface area (Å²) in [6, 6.07) is 7.12. The highest BCUT2D eigenvalue weighted by atomic mass is 35.5. The van der Waals surface area contributed by atoms with E-state index in [-0.39, 0.29) is 6.54 Å². The fourth-order valence-corrected chi connectivity index (χ4v) is 1.89. The van der Waals surface area contributed by atoms with Gasteiger partial charge in [0, 0.05) is 11.6 Å². The topological polar surface area (TPSA) is 35.2 Å². The molecule has 2 rings (SSSR count). The SMILES string of the molecule is Cc1cc(Cl)ccc1Oc1c(F)cc(CN)cc1F. The predicted octanol–water partition coefficient (Wildman–Crippen LogP) is 4.18. The van der Waals surface area contributed by atoms with E-state index in [0.29, 0.717) is 21.9 Å². The molecule has 0 saturated heterocycles. The van der Waals surface area contributed by atoms with Crippen LogP contribution in [0.1, 0.15) is 11.1 Å². The average Bonchev–Trinajstić information content (AvgIpc) is 2.35. The van der Waals surface area contributed by atoms with Crippen molar-refractivity contribution in [3.63, 3.8) is 0 Å². The highest BCUT2D eigenvalue weighted by molar-refractivity contribution is 6.30.